The maximum absolute atomic E-state index is 6.16. The maximum Gasteiger partial charge on any atom is 0.106 e. The van der Waals surface area contributed by atoms with Crippen molar-refractivity contribution in [2.24, 2.45) is 0 Å². The quantitative estimate of drug-likeness (QED) is 0.668. The Labute approximate surface area is 123 Å². The second-order valence-electron chi connectivity index (χ2n) is 4.33. The van der Waals surface area contributed by atoms with Crippen LogP contribution >= 0.6 is 27.3 Å². The smallest absolute Gasteiger partial charge is 0.106 e. The molecule has 0 saturated heterocycles. The van der Waals surface area contributed by atoms with E-state index in [1.54, 1.807) is 11.3 Å². The number of benzene rings is 2. The van der Waals surface area contributed by atoms with Crippen molar-refractivity contribution in [1.82, 2.24) is 4.98 Å². The fourth-order valence-corrected chi connectivity index (χ4v) is 3.21. The number of nitrogens with zero attached hydrogens (tertiary/aromatic N) is 1. The van der Waals surface area contributed by atoms with Gasteiger partial charge in [0.1, 0.15) is 5.52 Å². The summed E-state index contributed by atoms with van der Waals surface area (Å²) in [7, 11) is 0. The van der Waals surface area contributed by atoms with Crippen LogP contribution in [-0.2, 0) is 0 Å². The van der Waals surface area contributed by atoms with Crippen molar-refractivity contribution in [2.45, 2.75) is 6.92 Å². The molecule has 96 valence electrons. The van der Waals surface area contributed by atoms with E-state index in [9.17, 15) is 0 Å². The molecule has 0 atom stereocenters. The highest BCUT2D eigenvalue weighted by Gasteiger charge is 2.08. The van der Waals surface area contributed by atoms with E-state index in [2.05, 4.69) is 45.3 Å². The number of aryl methyl sites for hydroxylation is 1. The fraction of sp³-hybridized carbons (Fsp3) is 0.0714. The minimum Gasteiger partial charge on any atom is -0.395 e. The van der Waals surface area contributed by atoms with Crippen LogP contribution in [0.2, 0.25) is 0 Å². The van der Waals surface area contributed by atoms with E-state index in [-0.39, 0.29) is 0 Å². The predicted molar refractivity (Wildman–Crippen MR) is 86.2 cm³/mol. The molecule has 0 aliphatic rings. The van der Waals surface area contributed by atoms with Crippen LogP contribution in [0.1, 0.15) is 5.56 Å². The first kappa shape index (κ1) is 12.4. The summed E-state index contributed by atoms with van der Waals surface area (Å²) >= 11 is 5.15. The number of nitrogens with one attached hydrogen (secondary N) is 1. The van der Waals surface area contributed by atoms with Crippen LogP contribution in [0.5, 0.6) is 0 Å². The molecular weight excluding hydrogens is 322 g/mol. The number of nitrogen functional groups attached to an aromatic ring is 1. The highest BCUT2D eigenvalue weighted by molar-refractivity contribution is 9.10. The van der Waals surface area contributed by atoms with Crippen LogP contribution in [0.4, 0.5) is 17.1 Å². The average Bonchev–Trinajstić information content (AvgIpc) is 2.85. The summed E-state index contributed by atoms with van der Waals surface area (Å²) in [4.78, 5) is 4.30. The molecule has 0 spiro atoms. The highest BCUT2D eigenvalue weighted by atomic mass is 79.9. The Hall–Kier alpha value is -1.59. The van der Waals surface area contributed by atoms with E-state index in [0.29, 0.717) is 5.69 Å². The molecule has 3 nitrogen and oxygen atoms in total. The van der Waals surface area contributed by atoms with Crippen molar-refractivity contribution in [3.8, 4) is 0 Å². The van der Waals surface area contributed by atoms with Gasteiger partial charge in [0.2, 0.25) is 0 Å². The molecule has 1 aromatic heterocycles. The number of hydrogen-bond acceptors (Lipinski definition) is 4. The summed E-state index contributed by atoms with van der Waals surface area (Å²) in [5.41, 5.74) is 12.6. The molecule has 0 amide bonds. The van der Waals surface area contributed by atoms with Crippen LogP contribution < -0.4 is 11.1 Å². The Balaban J connectivity index is 2.03. The van der Waals surface area contributed by atoms with E-state index in [1.807, 2.05) is 23.7 Å². The van der Waals surface area contributed by atoms with Crippen LogP contribution in [0, 0.1) is 6.92 Å². The van der Waals surface area contributed by atoms with Crippen molar-refractivity contribution < 1.29 is 0 Å². The van der Waals surface area contributed by atoms with Gasteiger partial charge in [-0.25, -0.2) is 4.98 Å². The number of thiazole rings is 1. The SMILES string of the molecule is Cc1ccc(Nc2ccc3scnc3c2N)c(Br)c1. The summed E-state index contributed by atoms with van der Waals surface area (Å²) in [6.07, 6.45) is 0. The lowest BCUT2D eigenvalue weighted by molar-refractivity contribution is 1.43. The molecule has 3 aromatic rings. The van der Waals surface area contributed by atoms with Crippen LogP contribution in [0.15, 0.2) is 40.3 Å². The van der Waals surface area contributed by atoms with Crippen molar-refractivity contribution in [3.05, 3.63) is 45.9 Å². The molecule has 3 N–H and O–H groups in total. The van der Waals surface area contributed by atoms with Crippen LogP contribution in [0.3, 0.4) is 0 Å². The molecular formula is C14H12BrN3S. The van der Waals surface area contributed by atoms with Crippen LogP contribution in [0.25, 0.3) is 10.2 Å². The highest BCUT2D eigenvalue weighted by Crippen LogP contribution is 2.34. The van der Waals surface area contributed by atoms with Gasteiger partial charge in [-0.15, -0.1) is 11.3 Å². The topological polar surface area (TPSA) is 50.9 Å². The largest absolute Gasteiger partial charge is 0.395 e. The predicted octanol–water partition coefficient (Wildman–Crippen LogP) is 4.69. The van der Waals surface area contributed by atoms with Crippen molar-refractivity contribution in [2.75, 3.05) is 11.1 Å². The molecule has 0 aliphatic carbocycles. The molecule has 5 heteroatoms. The summed E-state index contributed by atoms with van der Waals surface area (Å²) in [5.74, 6) is 0. The third-order valence-corrected chi connectivity index (χ3v) is 4.39. The number of rotatable bonds is 2. The average molecular weight is 334 g/mol. The lowest BCUT2D eigenvalue weighted by Gasteiger charge is -2.11. The van der Waals surface area contributed by atoms with E-state index in [4.69, 9.17) is 5.73 Å². The van der Waals surface area contributed by atoms with Gasteiger partial charge < -0.3 is 11.1 Å². The first-order valence-electron chi connectivity index (χ1n) is 5.80. The van der Waals surface area contributed by atoms with Crippen molar-refractivity contribution in [1.29, 1.82) is 0 Å². The molecule has 0 fully saturated rings. The summed E-state index contributed by atoms with van der Waals surface area (Å²) in [5, 5.41) is 3.34. The monoisotopic (exact) mass is 333 g/mol. The van der Waals surface area contributed by atoms with Gasteiger partial charge in [-0.2, -0.15) is 0 Å². The fourth-order valence-electron chi connectivity index (χ4n) is 1.93. The van der Waals surface area contributed by atoms with Gasteiger partial charge in [0.25, 0.3) is 0 Å². The zero-order chi connectivity index (χ0) is 13.4. The summed E-state index contributed by atoms with van der Waals surface area (Å²) in [6, 6.07) is 10.2. The third-order valence-electron chi connectivity index (χ3n) is 2.94. The molecule has 3 rings (SSSR count). The Bertz CT molecular complexity index is 752. The first-order chi connectivity index (χ1) is 9.15. The molecule has 0 saturated carbocycles. The Morgan fingerprint density at radius 2 is 2.00 bits per heavy atom. The molecule has 19 heavy (non-hydrogen) atoms. The normalized spacial score (nSPS) is 10.8. The summed E-state index contributed by atoms with van der Waals surface area (Å²) in [6.45, 7) is 2.06. The third kappa shape index (κ3) is 2.31. The van der Waals surface area contributed by atoms with E-state index >= 15 is 0 Å². The minimum absolute atomic E-state index is 0.686. The molecule has 0 bridgehead atoms. The zero-order valence-electron chi connectivity index (χ0n) is 10.3. The van der Waals surface area contributed by atoms with Crippen molar-refractivity contribution >= 4 is 54.5 Å². The molecule has 0 unspecified atom stereocenters. The first-order valence-corrected chi connectivity index (χ1v) is 7.47. The van der Waals surface area contributed by atoms with Gasteiger partial charge in [0.15, 0.2) is 0 Å². The zero-order valence-corrected chi connectivity index (χ0v) is 12.7. The number of aromatic nitrogens is 1. The number of anilines is 3. The number of nitrogens with two attached hydrogens (primary N) is 1. The second kappa shape index (κ2) is 4.83. The second-order valence-corrected chi connectivity index (χ2v) is 6.07. The number of hydrogen-bond donors (Lipinski definition) is 2. The summed E-state index contributed by atoms with van der Waals surface area (Å²) < 4.78 is 2.12. The lowest BCUT2D eigenvalue weighted by Crippen LogP contribution is -1.97. The minimum atomic E-state index is 0.686. The van der Waals surface area contributed by atoms with Gasteiger partial charge in [0.05, 0.1) is 27.3 Å². The van der Waals surface area contributed by atoms with E-state index < -0.39 is 0 Å². The van der Waals surface area contributed by atoms with E-state index in [1.165, 1.54) is 5.56 Å². The Morgan fingerprint density at radius 3 is 2.79 bits per heavy atom. The molecule has 2 aromatic carbocycles. The number of halogens is 1. The number of fused-ring (bicyclic) bond motifs is 1. The Kier molecular flexibility index (Phi) is 3.16. The van der Waals surface area contributed by atoms with Crippen molar-refractivity contribution in [3.63, 3.8) is 0 Å². The van der Waals surface area contributed by atoms with Gasteiger partial charge in [-0.3, -0.25) is 0 Å². The van der Waals surface area contributed by atoms with Gasteiger partial charge >= 0.3 is 0 Å². The van der Waals surface area contributed by atoms with Gasteiger partial charge in [-0.1, -0.05) is 6.07 Å². The lowest BCUT2D eigenvalue weighted by atomic mass is 10.2. The van der Waals surface area contributed by atoms with E-state index in [0.717, 1.165) is 26.1 Å². The molecule has 0 radical (unpaired) electrons. The van der Waals surface area contributed by atoms with Crippen LogP contribution in [-0.4, -0.2) is 4.98 Å². The molecule has 1 heterocycles. The van der Waals surface area contributed by atoms with Gasteiger partial charge in [-0.05, 0) is 52.7 Å². The van der Waals surface area contributed by atoms with Gasteiger partial charge in [0, 0.05) is 4.47 Å². The maximum atomic E-state index is 6.16. The standard InChI is InChI=1S/C14H12BrN3S/c1-8-2-3-10(9(15)6-8)18-11-4-5-12-14(13(11)16)17-7-19-12/h2-7,18H,16H2,1H3. The Morgan fingerprint density at radius 1 is 1.21 bits per heavy atom. The molecule has 0 aliphatic heterocycles.